The molecule has 2 heterocycles. The van der Waals surface area contributed by atoms with E-state index in [0.717, 1.165) is 36.6 Å². The summed E-state index contributed by atoms with van der Waals surface area (Å²) in [6.07, 6.45) is 1.72. The van der Waals surface area contributed by atoms with Crippen molar-refractivity contribution < 1.29 is 27.1 Å². The largest absolute Gasteiger partial charge is 0.504 e. The third-order valence-corrected chi connectivity index (χ3v) is 4.90. The summed E-state index contributed by atoms with van der Waals surface area (Å²) in [5.41, 5.74) is 0. The van der Waals surface area contributed by atoms with E-state index in [1.165, 1.54) is 0 Å². The fourth-order valence-electron chi connectivity index (χ4n) is 1.95. The van der Waals surface area contributed by atoms with Gasteiger partial charge in [-0.3, -0.25) is 4.79 Å². The summed E-state index contributed by atoms with van der Waals surface area (Å²) in [4.78, 5) is 11.6. The molecule has 0 unspecified atom stereocenters. The van der Waals surface area contributed by atoms with Gasteiger partial charge in [-0.25, -0.2) is 12.8 Å². The van der Waals surface area contributed by atoms with E-state index in [-0.39, 0.29) is 10.7 Å². The second-order valence-electron chi connectivity index (χ2n) is 4.70. The summed E-state index contributed by atoms with van der Waals surface area (Å²) in [5.74, 6) is -2.91. The number of rotatable bonds is 5. The molecule has 25 heavy (non-hydrogen) atoms. The van der Waals surface area contributed by atoms with Gasteiger partial charge in [0.1, 0.15) is 10.7 Å². The number of carbonyl (C=O) groups excluding carboxylic acids is 1. The van der Waals surface area contributed by atoms with E-state index in [4.69, 9.17) is 4.42 Å². The van der Waals surface area contributed by atoms with E-state index in [0.29, 0.717) is 6.08 Å². The van der Waals surface area contributed by atoms with Crippen molar-refractivity contribution in [3.63, 3.8) is 0 Å². The molecule has 128 valence electrons. The fourth-order valence-corrected chi connectivity index (χ4v) is 3.33. The molecule has 9 nitrogen and oxygen atoms in total. The first-order chi connectivity index (χ1) is 11.9. The first-order valence-corrected chi connectivity index (χ1v) is 8.15. The molecule has 0 radical (unpaired) electrons. The molecule has 2 aromatic heterocycles. The maximum atomic E-state index is 13.0. The van der Waals surface area contributed by atoms with Crippen molar-refractivity contribution in [3.05, 3.63) is 60.1 Å². The zero-order valence-corrected chi connectivity index (χ0v) is 13.1. The lowest BCUT2D eigenvalue weighted by Gasteiger charge is -2.03. The Hall–Kier alpha value is -3.34. The van der Waals surface area contributed by atoms with Crippen LogP contribution in [0.25, 0.3) is 5.76 Å². The lowest BCUT2D eigenvalue weighted by molar-refractivity contribution is 0.101. The highest BCUT2D eigenvalue weighted by atomic mass is 32.2. The summed E-state index contributed by atoms with van der Waals surface area (Å²) in [7, 11) is -4.12. The SMILES string of the molecule is O=C(C=C(O)c1nn[nH]n1)c1occc1S(=O)(=O)c1ccc(F)cc1. The van der Waals surface area contributed by atoms with Crippen LogP contribution < -0.4 is 0 Å². The number of aromatic amines is 1. The number of aliphatic hydroxyl groups is 1. The first kappa shape index (κ1) is 16.5. The van der Waals surface area contributed by atoms with E-state index in [1.54, 1.807) is 0 Å². The highest BCUT2D eigenvalue weighted by Crippen LogP contribution is 2.26. The molecule has 0 atom stereocenters. The van der Waals surface area contributed by atoms with Crippen molar-refractivity contribution in [2.75, 3.05) is 0 Å². The number of tetrazole rings is 1. The first-order valence-electron chi connectivity index (χ1n) is 6.66. The number of sulfone groups is 1. The predicted octanol–water partition coefficient (Wildman–Crippen LogP) is 1.55. The van der Waals surface area contributed by atoms with Crippen molar-refractivity contribution in [1.82, 2.24) is 20.6 Å². The van der Waals surface area contributed by atoms with Gasteiger partial charge in [-0.2, -0.15) is 5.21 Å². The molecule has 3 rings (SSSR count). The lowest BCUT2D eigenvalue weighted by Crippen LogP contribution is -2.07. The summed E-state index contributed by atoms with van der Waals surface area (Å²) < 4.78 is 43.1. The standard InChI is InChI=1S/C14H9FN4O5S/c15-8-1-3-9(4-2-8)25(22,23)12-5-6-24-13(12)10(20)7-11(21)14-16-18-19-17-14/h1-7,21H,(H,16,17,18,19). The molecule has 0 spiro atoms. The molecule has 3 aromatic rings. The third-order valence-electron chi connectivity index (χ3n) is 3.11. The predicted molar refractivity (Wildman–Crippen MR) is 79.7 cm³/mol. The number of hydrogen-bond acceptors (Lipinski definition) is 8. The van der Waals surface area contributed by atoms with Crippen molar-refractivity contribution in [2.24, 2.45) is 0 Å². The number of H-pyrrole nitrogens is 1. The Bertz CT molecular complexity index is 1040. The maximum Gasteiger partial charge on any atom is 0.239 e. The molecule has 2 N–H and O–H groups in total. The zero-order chi connectivity index (χ0) is 18.0. The van der Waals surface area contributed by atoms with Gasteiger partial charge in [0.15, 0.2) is 11.5 Å². The molecule has 0 saturated heterocycles. The molecular formula is C14H9FN4O5S. The number of nitrogens with one attached hydrogen (secondary N) is 1. The molecule has 0 amide bonds. The van der Waals surface area contributed by atoms with Gasteiger partial charge >= 0.3 is 0 Å². The highest BCUT2D eigenvalue weighted by molar-refractivity contribution is 7.91. The molecule has 0 aliphatic heterocycles. The van der Waals surface area contributed by atoms with Crippen LogP contribution in [0.4, 0.5) is 4.39 Å². The number of halogens is 1. The number of carbonyl (C=O) groups is 1. The number of aromatic nitrogens is 4. The van der Waals surface area contributed by atoms with Crippen LogP contribution in [0, 0.1) is 5.82 Å². The topological polar surface area (TPSA) is 139 Å². The molecule has 0 fully saturated rings. The van der Waals surface area contributed by atoms with Crippen LogP contribution in [0.5, 0.6) is 0 Å². The smallest absolute Gasteiger partial charge is 0.239 e. The van der Waals surface area contributed by atoms with Gasteiger partial charge in [0.2, 0.25) is 21.4 Å². The summed E-state index contributed by atoms with van der Waals surface area (Å²) >= 11 is 0. The minimum atomic E-state index is -4.12. The van der Waals surface area contributed by atoms with Crippen LogP contribution >= 0.6 is 0 Å². The monoisotopic (exact) mass is 364 g/mol. The van der Waals surface area contributed by atoms with Gasteiger partial charge in [0, 0.05) is 6.08 Å². The van der Waals surface area contributed by atoms with Crippen molar-refractivity contribution in [2.45, 2.75) is 9.79 Å². The summed E-state index contributed by atoms with van der Waals surface area (Å²) in [5, 5.41) is 22.0. The van der Waals surface area contributed by atoms with Gasteiger partial charge in [-0.05, 0) is 35.5 Å². The Balaban J connectivity index is 1.99. The van der Waals surface area contributed by atoms with Crippen LogP contribution in [0.2, 0.25) is 0 Å². The van der Waals surface area contributed by atoms with E-state index < -0.39 is 37.9 Å². The van der Waals surface area contributed by atoms with Crippen molar-refractivity contribution in [1.29, 1.82) is 0 Å². The number of aliphatic hydroxyl groups excluding tert-OH is 1. The van der Waals surface area contributed by atoms with E-state index >= 15 is 0 Å². The van der Waals surface area contributed by atoms with Crippen LogP contribution in [0.1, 0.15) is 16.4 Å². The van der Waals surface area contributed by atoms with Crippen molar-refractivity contribution in [3.8, 4) is 0 Å². The van der Waals surface area contributed by atoms with Crippen LogP contribution in [-0.4, -0.2) is 39.9 Å². The van der Waals surface area contributed by atoms with Gasteiger partial charge in [-0.15, -0.1) is 10.2 Å². The Kier molecular flexibility index (Phi) is 4.15. The maximum absolute atomic E-state index is 13.0. The van der Waals surface area contributed by atoms with Crippen LogP contribution in [0.3, 0.4) is 0 Å². The Morgan fingerprint density at radius 1 is 1.24 bits per heavy atom. The fraction of sp³-hybridized carbons (Fsp3) is 0. The highest BCUT2D eigenvalue weighted by Gasteiger charge is 2.27. The Morgan fingerprint density at radius 3 is 2.60 bits per heavy atom. The summed E-state index contributed by atoms with van der Waals surface area (Å²) in [6, 6.07) is 5.19. The molecule has 0 saturated carbocycles. The van der Waals surface area contributed by atoms with E-state index in [1.807, 2.05) is 0 Å². The van der Waals surface area contributed by atoms with Crippen LogP contribution in [-0.2, 0) is 9.84 Å². The second-order valence-corrected chi connectivity index (χ2v) is 6.62. The number of nitrogens with zero attached hydrogens (tertiary/aromatic N) is 3. The number of furan rings is 1. The van der Waals surface area contributed by atoms with Gasteiger partial charge in [-0.1, -0.05) is 0 Å². The van der Waals surface area contributed by atoms with E-state index in [2.05, 4.69) is 20.6 Å². The second kappa shape index (κ2) is 6.28. The Labute approximate surface area is 139 Å². The summed E-state index contributed by atoms with van der Waals surface area (Å²) in [6.45, 7) is 0. The number of hydrogen-bond donors (Lipinski definition) is 2. The molecule has 0 aliphatic rings. The minimum Gasteiger partial charge on any atom is -0.504 e. The lowest BCUT2D eigenvalue weighted by atomic mass is 10.2. The molecule has 1 aromatic carbocycles. The Morgan fingerprint density at radius 2 is 1.96 bits per heavy atom. The molecule has 0 aliphatic carbocycles. The van der Waals surface area contributed by atoms with Crippen LogP contribution in [0.15, 0.2) is 56.9 Å². The number of allylic oxidation sites excluding steroid dienone is 1. The quantitative estimate of drug-likeness (QED) is 0.301. The van der Waals surface area contributed by atoms with Gasteiger partial charge in [0.05, 0.1) is 11.2 Å². The number of benzene rings is 1. The van der Waals surface area contributed by atoms with Gasteiger partial charge < -0.3 is 9.52 Å². The van der Waals surface area contributed by atoms with Crippen molar-refractivity contribution >= 4 is 21.4 Å². The average molecular weight is 364 g/mol. The molecule has 11 heteroatoms. The van der Waals surface area contributed by atoms with E-state index in [9.17, 15) is 22.7 Å². The van der Waals surface area contributed by atoms with Gasteiger partial charge in [0.25, 0.3) is 0 Å². The number of ketones is 1. The molecule has 0 bridgehead atoms. The third kappa shape index (κ3) is 3.17. The zero-order valence-electron chi connectivity index (χ0n) is 12.2. The normalized spacial score (nSPS) is 12.3. The minimum absolute atomic E-state index is 0.212. The molecular weight excluding hydrogens is 355 g/mol. The average Bonchev–Trinajstić information content (AvgIpc) is 3.27.